The van der Waals surface area contributed by atoms with Gasteiger partial charge in [0.25, 0.3) is 5.56 Å². The number of aromatic nitrogens is 1. The number of anilines is 2. The van der Waals surface area contributed by atoms with E-state index in [4.69, 9.17) is 0 Å². The van der Waals surface area contributed by atoms with E-state index in [0.29, 0.717) is 6.54 Å². The van der Waals surface area contributed by atoms with Crippen LogP contribution in [0.2, 0.25) is 0 Å². The molecular formula is C23H28N4O. The average molecular weight is 377 g/mol. The molecule has 0 unspecified atom stereocenters. The molecule has 1 saturated heterocycles. The van der Waals surface area contributed by atoms with Crippen LogP contribution in [0.4, 0.5) is 11.4 Å². The number of nitrogens with one attached hydrogen (secondary N) is 2. The van der Waals surface area contributed by atoms with Gasteiger partial charge in [0.2, 0.25) is 0 Å². The van der Waals surface area contributed by atoms with Gasteiger partial charge in [-0.3, -0.25) is 4.79 Å². The number of aryl methyl sites for hydroxylation is 2. The van der Waals surface area contributed by atoms with Crippen molar-refractivity contribution in [1.29, 1.82) is 0 Å². The normalized spacial score (nSPS) is 15.2. The summed E-state index contributed by atoms with van der Waals surface area (Å²) in [6.07, 6.45) is 0. The highest BCUT2D eigenvalue weighted by atomic mass is 16.1. The second kappa shape index (κ2) is 7.68. The fraction of sp³-hybridized carbons (Fsp3) is 0.348. The fourth-order valence-corrected chi connectivity index (χ4v) is 3.80. The summed E-state index contributed by atoms with van der Waals surface area (Å²) >= 11 is 0. The third-order valence-corrected chi connectivity index (χ3v) is 5.74. The molecule has 0 spiro atoms. The van der Waals surface area contributed by atoms with Gasteiger partial charge in [-0.25, -0.2) is 0 Å². The third-order valence-electron chi connectivity index (χ3n) is 5.74. The first-order chi connectivity index (χ1) is 13.5. The van der Waals surface area contributed by atoms with Crippen LogP contribution in [0, 0.1) is 13.8 Å². The smallest absolute Gasteiger partial charge is 0.253 e. The van der Waals surface area contributed by atoms with E-state index >= 15 is 0 Å². The van der Waals surface area contributed by atoms with Crippen molar-refractivity contribution >= 4 is 22.3 Å². The maximum atomic E-state index is 12.5. The molecule has 4 rings (SSSR count). The zero-order chi connectivity index (χ0) is 19.7. The van der Waals surface area contributed by atoms with Gasteiger partial charge in [-0.2, -0.15) is 0 Å². The van der Waals surface area contributed by atoms with Crippen LogP contribution in [0.25, 0.3) is 10.9 Å². The highest BCUT2D eigenvalue weighted by Gasteiger charge is 2.14. The molecule has 0 atom stereocenters. The van der Waals surface area contributed by atoms with Crippen LogP contribution in [0.15, 0.2) is 47.3 Å². The van der Waals surface area contributed by atoms with Crippen molar-refractivity contribution in [1.82, 2.24) is 9.88 Å². The number of rotatable bonds is 4. The summed E-state index contributed by atoms with van der Waals surface area (Å²) in [5, 5.41) is 4.50. The fourth-order valence-electron chi connectivity index (χ4n) is 3.80. The van der Waals surface area contributed by atoms with E-state index in [2.05, 4.69) is 64.4 Å². The Kier molecular flexibility index (Phi) is 5.09. The number of piperazine rings is 1. The van der Waals surface area contributed by atoms with Crippen molar-refractivity contribution in [2.45, 2.75) is 20.4 Å². The van der Waals surface area contributed by atoms with E-state index in [1.54, 1.807) is 0 Å². The van der Waals surface area contributed by atoms with Crippen LogP contribution < -0.4 is 15.8 Å². The number of benzene rings is 2. The standard InChI is InChI=1S/C23H28N4O/c1-16-4-5-17(2)22-21(16)14-18(23(28)25-22)15-24-19-6-8-20(9-7-19)27-12-10-26(3)11-13-27/h4-9,14,24H,10-13,15H2,1-3H3,(H,25,28). The van der Waals surface area contributed by atoms with Crippen LogP contribution in [0.1, 0.15) is 16.7 Å². The first kappa shape index (κ1) is 18.6. The molecule has 28 heavy (non-hydrogen) atoms. The van der Waals surface area contributed by atoms with Crippen LogP contribution in [-0.2, 0) is 6.54 Å². The number of pyridine rings is 1. The lowest BCUT2D eigenvalue weighted by molar-refractivity contribution is 0.313. The Morgan fingerprint density at radius 3 is 2.36 bits per heavy atom. The van der Waals surface area contributed by atoms with Crippen molar-refractivity contribution in [3.05, 3.63) is 69.5 Å². The lowest BCUT2D eigenvalue weighted by Gasteiger charge is -2.34. The van der Waals surface area contributed by atoms with Crippen LogP contribution in [0.5, 0.6) is 0 Å². The first-order valence-corrected chi connectivity index (χ1v) is 9.91. The molecule has 5 heteroatoms. The average Bonchev–Trinajstić information content (AvgIpc) is 2.71. The quantitative estimate of drug-likeness (QED) is 0.732. The molecule has 2 heterocycles. The number of nitrogens with zero attached hydrogens (tertiary/aromatic N) is 2. The van der Waals surface area contributed by atoms with E-state index in [-0.39, 0.29) is 5.56 Å². The largest absolute Gasteiger partial charge is 0.381 e. The highest BCUT2D eigenvalue weighted by molar-refractivity contribution is 5.85. The predicted octanol–water partition coefficient (Wildman–Crippen LogP) is 3.51. The molecule has 0 amide bonds. The predicted molar refractivity (Wildman–Crippen MR) is 118 cm³/mol. The Labute approximate surface area is 166 Å². The molecule has 1 aliphatic heterocycles. The lowest BCUT2D eigenvalue weighted by Crippen LogP contribution is -2.44. The maximum absolute atomic E-state index is 12.5. The summed E-state index contributed by atoms with van der Waals surface area (Å²) in [6, 6.07) is 14.7. The summed E-state index contributed by atoms with van der Waals surface area (Å²) in [6.45, 7) is 8.94. The van der Waals surface area contributed by atoms with Gasteiger partial charge in [0, 0.05) is 55.0 Å². The van der Waals surface area contributed by atoms with E-state index in [0.717, 1.165) is 53.9 Å². The van der Waals surface area contributed by atoms with Gasteiger partial charge in [0.15, 0.2) is 0 Å². The van der Waals surface area contributed by atoms with Crippen molar-refractivity contribution < 1.29 is 0 Å². The molecule has 146 valence electrons. The number of hydrogen-bond acceptors (Lipinski definition) is 4. The summed E-state index contributed by atoms with van der Waals surface area (Å²) in [4.78, 5) is 20.3. The number of aromatic amines is 1. The zero-order valence-electron chi connectivity index (χ0n) is 16.9. The number of fused-ring (bicyclic) bond motifs is 1. The Morgan fingerprint density at radius 2 is 1.64 bits per heavy atom. The van der Waals surface area contributed by atoms with Crippen molar-refractivity contribution in [3.63, 3.8) is 0 Å². The second-order valence-corrected chi connectivity index (χ2v) is 7.80. The van der Waals surface area contributed by atoms with E-state index in [1.165, 1.54) is 11.3 Å². The van der Waals surface area contributed by atoms with E-state index in [1.807, 2.05) is 19.1 Å². The second-order valence-electron chi connectivity index (χ2n) is 7.80. The summed E-state index contributed by atoms with van der Waals surface area (Å²) in [5.74, 6) is 0. The molecule has 5 nitrogen and oxygen atoms in total. The van der Waals surface area contributed by atoms with Gasteiger partial charge in [-0.05, 0) is 62.4 Å². The maximum Gasteiger partial charge on any atom is 0.253 e. The van der Waals surface area contributed by atoms with Crippen LogP contribution >= 0.6 is 0 Å². The van der Waals surface area contributed by atoms with Gasteiger partial charge in [-0.1, -0.05) is 12.1 Å². The van der Waals surface area contributed by atoms with Crippen LogP contribution in [-0.4, -0.2) is 43.1 Å². The molecule has 0 saturated carbocycles. The minimum atomic E-state index is -0.0252. The third kappa shape index (κ3) is 3.76. The Hall–Kier alpha value is -2.79. The van der Waals surface area contributed by atoms with Gasteiger partial charge in [-0.15, -0.1) is 0 Å². The monoisotopic (exact) mass is 376 g/mol. The summed E-state index contributed by atoms with van der Waals surface area (Å²) in [7, 11) is 2.17. The van der Waals surface area contributed by atoms with Gasteiger partial charge >= 0.3 is 0 Å². The van der Waals surface area contributed by atoms with Crippen LogP contribution in [0.3, 0.4) is 0 Å². The van der Waals surface area contributed by atoms with Gasteiger partial charge in [0.1, 0.15) is 0 Å². The van der Waals surface area contributed by atoms with Crippen molar-refractivity contribution in [3.8, 4) is 0 Å². The molecule has 1 aromatic heterocycles. The highest BCUT2D eigenvalue weighted by Crippen LogP contribution is 2.21. The van der Waals surface area contributed by atoms with E-state index in [9.17, 15) is 4.79 Å². The Balaban J connectivity index is 1.48. The molecule has 1 aliphatic rings. The minimum Gasteiger partial charge on any atom is -0.381 e. The number of likely N-dealkylation sites (N-methyl/N-ethyl adjacent to an activating group) is 1. The summed E-state index contributed by atoms with van der Waals surface area (Å²) in [5.41, 5.74) is 6.22. The molecule has 0 aliphatic carbocycles. The zero-order valence-corrected chi connectivity index (χ0v) is 16.9. The van der Waals surface area contributed by atoms with E-state index < -0.39 is 0 Å². The molecule has 0 radical (unpaired) electrons. The Bertz CT molecular complexity index is 1030. The summed E-state index contributed by atoms with van der Waals surface area (Å²) < 4.78 is 0. The molecular weight excluding hydrogens is 348 g/mol. The Morgan fingerprint density at radius 1 is 0.964 bits per heavy atom. The van der Waals surface area contributed by atoms with Crippen molar-refractivity contribution in [2.24, 2.45) is 0 Å². The molecule has 2 N–H and O–H groups in total. The molecule has 3 aromatic rings. The van der Waals surface area contributed by atoms with Crippen molar-refractivity contribution in [2.75, 3.05) is 43.4 Å². The van der Waals surface area contributed by atoms with Gasteiger partial charge < -0.3 is 20.1 Å². The molecule has 0 bridgehead atoms. The SMILES string of the molecule is Cc1ccc(C)c2[nH]c(=O)c(CNc3ccc(N4CCN(C)CC4)cc3)cc12. The molecule has 1 fully saturated rings. The molecule has 2 aromatic carbocycles. The number of hydrogen-bond donors (Lipinski definition) is 2. The minimum absolute atomic E-state index is 0.0252. The lowest BCUT2D eigenvalue weighted by atomic mass is 10.0. The van der Waals surface area contributed by atoms with Gasteiger partial charge in [0.05, 0.1) is 5.52 Å². The number of H-pyrrole nitrogens is 1. The topological polar surface area (TPSA) is 51.4 Å². The first-order valence-electron chi connectivity index (χ1n) is 9.91.